The largest absolute Gasteiger partial charge is 0.321 e. The monoisotopic (exact) mass is 293 g/mol. The van der Waals surface area contributed by atoms with Gasteiger partial charge in [-0.05, 0) is 55.3 Å². The van der Waals surface area contributed by atoms with Crippen LogP contribution in [0.3, 0.4) is 0 Å². The normalized spacial score (nSPS) is 10.3. The molecule has 2 aromatic carbocycles. The third-order valence-electron chi connectivity index (χ3n) is 2.95. The summed E-state index contributed by atoms with van der Waals surface area (Å²) in [6.45, 7) is 3.98. The van der Waals surface area contributed by atoms with Crippen molar-refractivity contribution in [3.63, 3.8) is 0 Å². The molecule has 0 fully saturated rings. The quantitative estimate of drug-likeness (QED) is 0.841. The second-order valence-electron chi connectivity index (χ2n) is 4.38. The number of rotatable bonds is 2. The van der Waals surface area contributed by atoms with Gasteiger partial charge in [0.25, 0.3) is 5.91 Å². The summed E-state index contributed by atoms with van der Waals surface area (Å²) in [6, 6.07) is 10.5. The number of hydrogen-bond donors (Lipinski definition) is 1. The minimum atomic E-state index is -0.188. The van der Waals surface area contributed by atoms with Crippen LogP contribution < -0.4 is 5.32 Å². The van der Waals surface area contributed by atoms with Crippen LogP contribution >= 0.6 is 23.2 Å². The minimum Gasteiger partial charge on any atom is -0.321 e. The maximum atomic E-state index is 12.1. The summed E-state index contributed by atoms with van der Waals surface area (Å²) in [6.07, 6.45) is 0. The molecule has 0 heterocycles. The van der Waals surface area contributed by atoms with Crippen molar-refractivity contribution in [1.82, 2.24) is 0 Å². The molecule has 1 amide bonds. The Bertz CT molecular complexity index is 638. The molecule has 4 heteroatoms. The summed E-state index contributed by atoms with van der Waals surface area (Å²) in [5.74, 6) is -0.188. The number of nitrogens with one attached hydrogen (secondary N) is 1. The molecule has 0 aliphatic heterocycles. The van der Waals surface area contributed by atoms with Crippen LogP contribution in [-0.4, -0.2) is 5.91 Å². The second kappa shape index (κ2) is 5.64. The first-order valence-electron chi connectivity index (χ1n) is 5.81. The zero-order valence-corrected chi connectivity index (χ0v) is 12.1. The van der Waals surface area contributed by atoms with E-state index in [9.17, 15) is 4.79 Å². The van der Waals surface area contributed by atoms with Crippen molar-refractivity contribution in [2.45, 2.75) is 13.8 Å². The van der Waals surface area contributed by atoms with Crippen molar-refractivity contribution in [3.05, 3.63) is 63.1 Å². The highest BCUT2D eigenvalue weighted by Gasteiger charge is 2.09. The molecule has 0 saturated carbocycles. The SMILES string of the molecule is Cc1ccc(C(=O)Nc2ccc(Cl)cc2Cl)cc1C. The summed E-state index contributed by atoms with van der Waals surface area (Å²) < 4.78 is 0. The third kappa shape index (κ3) is 3.28. The standard InChI is InChI=1S/C15H13Cl2NO/c1-9-3-4-11(7-10(9)2)15(19)18-14-6-5-12(16)8-13(14)17/h3-8H,1-2H3,(H,18,19). The summed E-state index contributed by atoms with van der Waals surface area (Å²) >= 11 is 11.8. The van der Waals surface area contributed by atoms with E-state index < -0.39 is 0 Å². The average molecular weight is 294 g/mol. The van der Waals surface area contributed by atoms with Crippen LogP contribution in [0.2, 0.25) is 10.0 Å². The molecule has 0 saturated heterocycles. The fraction of sp³-hybridized carbons (Fsp3) is 0.133. The topological polar surface area (TPSA) is 29.1 Å². The molecule has 2 aromatic rings. The van der Waals surface area contributed by atoms with Crippen LogP contribution in [0.4, 0.5) is 5.69 Å². The molecule has 0 atom stereocenters. The van der Waals surface area contributed by atoms with Gasteiger partial charge in [0.05, 0.1) is 10.7 Å². The molecule has 0 unspecified atom stereocenters. The zero-order valence-electron chi connectivity index (χ0n) is 10.6. The number of anilines is 1. The fourth-order valence-corrected chi connectivity index (χ4v) is 2.12. The molecule has 0 aliphatic carbocycles. The number of aryl methyl sites for hydroxylation is 2. The predicted molar refractivity (Wildman–Crippen MR) is 80.3 cm³/mol. The lowest BCUT2D eigenvalue weighted by molar-refractivity contribution is 0.102. The van der Waals surface area contributed by atoms with E-state index in [1.54, 1.807) is 24.3 Å². The number of halogens is 2. The molecule has 0 aliphatic rings. The lowest BCUT2D eigenvalue weighted by Gasteiger charge is -2.09. The van der Waals surface area contributed by atoms with E-state index in [1.807, 2.05) is 26.0 Å². The molecule has 0 radical (unpaired) electrons. The molecule has 2 rings (SSSR count). The number of benzene rings is 2. The van der Waals surface area contributed by atoms with Crippen molar-refractivity contribution in [3.8, 4) is 0 Å². The van der Waals surface area contributed by atoms with Crippen molar-refractivity contribution >= 4 is 34.8 Å². The number of carbonyl (C=O) groups is 1. The van der Waals surface area contributed by atoms with E-state index in [0.717, 1.165) is 11.1 Å². The summed E-state index contributed by atoms with van der Waals surface area (Å²) in [5.41, 5.74) is 3.39. The molecule has 0 bridgehead atoms. The minimum absolute atomic E-state index is 0.188. The van der Waals surface area contributed by atoms with Crippen LogP contribution in [0, 0.1) is 13.8 Å². The van der Waals surface area contributed by atoms with Gasteiger partial charge in [0.1, 0.15) is 0 Å². The van der Waals surface area contributed by atoms with E-state index in [1.165, 1.54) is 0 Å². The average Bonchev–Trinajstić information content (AvgIpc) is 2.36. The van der Waals surface area contributed by atoms with Gasteiger partial charge in [0.15, 0.2) is 0 Å². The van der Waals surface area contributed by atoms with Crippen LogP contribution in [0.5, 0.6) is 0 Å². The highest BCUT2D eigenvalue weighted by molar-refractivity contribution is 6.36. The Morgan fingerprint density at radius 2 is 1.74 bits per heavy atom. The Labute approximate surface area is 122 Å². The third-order valence-corrected chi connectivity index (χ3v) is 3.50. The Balaban J connectivity index is 2.23. The first kappa shape index (κ1) is 13.9. The summed E-state index contributed by atoms with van der Waals surface area (Å²) in [4.78, 5) is 12.1. The van der Waals surface area contributed by atoms with Crippen molar-refractivity contribution in [2.75, 3.05) is 5.32 Å². The van der Waals surface area contributed by atoms with Crippen molar-refractivity contribution in [2.24, 2.45) is 0 Å². The molecule has 0 aromatic heterocycles. The van der Waals surface area contributed by atoms with E-state index >= 15 is 0 Å². The highest BCUT2D eigenvalue weighted by atomic mass is 35.5. The maximum absolute atomic E-state index is 12.1. The Morgan fingerprint density at radius 1 is 1.00 bits per heavy atom. The van der Waals surface area contributed by atoms with E-state index in [0.29, 0.717) is 21.3 Å². The van der Waals surface area contributed by atoms with Crippen LogP contribution in [0.15, 0.2) is 36.4 Å². The number of hydrogen-bond acceptors (Lipinski definition) is 1. The van der Waals surface area contributed by atoms with Crippen LogP contribution in [0.25, 0.3) is 0 Å². The molecule has 19 heavy (non-hydrogen) atoms. The lowest BCUT2D eigenvalue weighted by atomic mass is 10.1. The van der Waals surface area contributed by atoms with Gasteiger partial charge >= 0.3 is 0 Å². The zero-order chi connectivity index (χ0) is 14.0. The highest BCUT2D eigenvalue weighted by Crippen LogP contribution is 2.25. The maximum Gasteiger partial charge on any atom is 0.255 e. The van der Waals surface area contributed by atoms with Crippen molar-refractivity contribution < 1.29 is 4.79 Å². The number of amides is 1. The van der Waals surface area contributed by atoms with Crippen molar-refractivity contribution in [1.29, 1.82) is 0 Å². The smallest absolute Gasteiger partial charge is 0.255 e. The Morgan fingerprint density at radius 3 is 2.37 bits per heavy atom. The molecule has 0 spiro atoms. The summed E-state index contributed by atoms with van der Waals surface area (Å²) in [5, 5.41) is 3.73. The van der Waals surface area contributed by atoms with Gasteiger partial charge in [0.2, 0.25) is 0 Å². The molecule has 98 valence electrons. The first-order valence-corrected chi connectivity index (χ1v) is 6.56. The summed E-state index contributed by atoms with van der Waals surface area (Å²) in [7, 11) is 0. The van der Waals surface area contributed by atoms with Gasteiger partial charge in [-0.3, -0.25) is 4.79 Å². The van der Waals surface area contributed by atoms with Crippen LogP contribution in [0.1, 0.15) is 21.5 Å². The molecule has 1 N–H and O–H groups in total. The molecular formula is C15H13Cl2NO. The van der Waals surface area contributed by atoms with E-state index in [4.69, 9.17) is 23.2 Å². The van der Waals surface area contributed by atoms with E-state index in [-0.39, 0.29) is 5.91 Å². The van der Waals surface area contributed by atoms with Gasteiger partial charge in [0, 0.05) is 10.6 Å². The van der Waals surface area contributed by atoms with Gasteiger partial charge in [-0.25, -0.2) is 0 Å². The lowest BCUT2D eigenvalue weighted by Crippen LogP contribution is -2.12. The van der Waals surface area contributed by atoms with Gasteiger partial charge in [-0.1, -0.05) is 29.3 Å². The predicted octanol–water partition coefficient (Wildman–Crippen LogP) is 4.86. The fourth-order valence-electron chi connectivity index (χ4n) is 1.67. The second-order valence-corrected chi connectivity index (χ2v) is 5.22. The molecular weight excluding hydrogens is 281 g/mol. The molecule has 2 nitrogen and oxygen atoms in total. The van der Waals surface area contributed by atoms with Gasteiger partial charge < -0.3 is 5.32 Å². The van der Waals surface area contributed by atoms with Gasteiger partial charge in [-0.15, -0.1) is 0 Å². The number of carbonyl (C=O) groups excluding carboxylic acids is 1. The van der Waals surface area contributed by atoms with Crippen LogP contribution in [-0.2, 0) is 0 Å². The first-order chi connectivity index (χ1) is 8.97. The van der Waals surface area contributed by atoms with E-state index in [2.05, 4.69) is 5.32 Å². The Hall–Kier alpha value is -1.51. The van der Waals surface area contributed by atoms with Gasteiger partial charge in [-0.2, -0.15) is 0 Å². The Kier molecular flexibility index (Phi) is 4.13.